The van der Waals surface area contributed by atoms with E-state index >= 15 is 0 Å². The second kappa shape index (κ2) is 8.64. The number of amides is 2. The summed E-state index contributed by atoms with van der Waals surface area (Å²) in [6.07, 6.45) is 1.53. The summed E-state index contributed by atoms with van der Waals surface area (Å²) >= 11 is 1.66. The van der Waals surface area contributed by atoms with Crippen LogP contribution in [-0.4, -0.2) is 26.5 Å². The Hall–Kier alpha value is -3.60. The van der Waals surface area contributed by atoms with Gasteiger partial charge in [0.2, 0.25) is 5.91 Å². The third kappa shape index (κ3) is 4.45. The molecule has 31 heavy (non-hydrogen) atoms. The number of nitro benzene ring substituents is 1. The van der Waals surface area contributed by atoms with Crippen LogP contribution >= 0.6 is 11.8 Å². The SMILES string of the molecule is Cc1ccc(C(=O)Nc2c3c(nn2CC(=O)NCc2ccco2)CSC3)cc1[N+](=O)[O-]. The molecule has 0 spiro atoms. The summed E-state index contributed by atoms with van der Waals surface area (Å²) in [6.45, 7) is 1.78. The van der Waals surface area contributed by atoms with Crippen LogP contribution in [0.25, 0.3) is 0 Å². The van der Waals surface area contributed by atoms with Crippen molar-refractivity contribution in [2.24, 2.45) is 0 Å². The molecule has 11 heteroatoms. The van der Waals surface area contributed by atoms with Gasteiger partial charge in [0.15, 0.2) is 0 Å². The molecule has 3 heterocycles. The van der Waals surface area contributed by atoms with Crippen molar-refractivity contribution < 1.29 is 18.9 Å². The molecular formula is C20H19N5O5S. The van der Waals surface area contributed by atoms with Crippen molar-refractivity contribution in [1.82, 2.24) is 15.1 Å². The molecule has 2 amide bonds. The summed E-state index contributed by atoms with van der Waals surface area (Å²) in [5.74, 6) is 1.62. The summed E-state index contributed by atoms with van der Waals surface area (Å²) in [5, 5.41) is 21.2. The number of nitrogens with one attached hydrogen (secondary N) is 2. The number of fused-ring (bicyclic) bond motifs is 1. The van der Waals surface area contributed by atoms with Gasteiger partial charge in [-0.1, -0.05) is 6.07 Å². The van der Waals surface area contributed by atoms with Crippen molar-refractivity contribution in [3.8, 4) is 0 Å². The van der Waals surface area contributed by atoms with E-state index < -0.39 is 10.8 Å². The predicted molar refractivity (Wildman–Crippen MR) is 114 cm³/mol. The molecule has 2 aromatic heterocycles. The number of hydrogen-bond acceptors (Lipinski definition) is 7. The predicted octanol–water partition coefficient (Wildman–Crippen LogP) is 3.01. The fourth-order valence-electron chi connectivity index (χ4n) is 3.24. The van der Waals surface area contributed by atoms with Gasteiger partial charge in [0, 0.05) is 34.3 Å². The number of aryl methyl sites for hydroxylation is 1. The van der Waals surface area contributed by atoms with Gasteiger partial charge in [-0.25, -0.2) is 4.68 Å². The van der Waals surface area contributed by atoms with Crippen molar-refractivity contribution in [3.05, 3.63) is 74.9 Å². The van der Waals surface area contributed by atoms with Gasteiger partial charge in [-0.2, -0.15) is 16.9 Å². The van der Waals surface area contributed by atoms with Crippen LogP contribution in [0.4, 0.5) is 11.5 Å². The molecule has 2 N–H and O–H groups in total. The molecule has 1 aliphatic heterocycles. The Balaban J connectivity index is 1.52. The molecule has 0 saturated heterocycles. The van der Waals surface area contributed by atoms with E-state index in [0.717, 1.165) is 11.3 Å². The quantitative estimate of drug-likeness (QED) is 0.425. The smallest absolute Gasteiger partial charge is 0.273 e. The van der Waals surface area contributed by atoms with Crippen LogP contribution in [-0.2, 0) is 29.4 Å². The highest BCUT2D eigenvalue weighted by Gasteiger charge is 2.26. The summed E-state index contributed by atoms with van der Waals surface area (Å²) in [7, 11) is 0. The Morgan fingerprint density at radius 2 is 2.16 bits per heavy atom. The van der Waals surface area contributed by atoms with Gasteiger partial charge in [-0.3, -0.25) is 19.7 Å². The molecule has 160 valence electrons. The molecule has 1 aliphatic rings. The van der Waals surface area contributed by atoms with Gasteiger partial charge >= 0.3 is 0 Å². The van der Waals surface area contributed by atoms with Crippen LogP contribution in [0.5, 0.6) is 0 Å². The lowest BCUT2D eigenvalue weighted by Crippen LogP contribution is -2.28. The van der Waals surface area contributed by atoms with Gasteiger partial charge in [-0.15, -0.1) is 0 Å². The van der Waals surface area contributed by atoms with E-state index in [1.54, 1.807) is 30.8 Å². The second-order valence-electron chi connectivity index (χ2n) is 6.99. The molecule has 10 nitrogen and oxygen atoms in total. The van der Waals surface area contributed by atoms with Crippen LogP contribution in [0, 0.1) is 17.0 Å². The standard InChI is InChI=1S/C20H19N5O5S/c1-12-4-5-13(7-17(12)25(28)29)20(27)22-19-15-10-31-11-16(15)23-24(19)9-18(26)21-8-14-3-2-6-30-14/h2-7H,8-11H2,1H3,(H,21,26)(H,22,27). The zero-order valence-electron chi connectivity index (χ0n) is 16.6. The number of nitro groups is 1. The van der Waals surface area contributed by atoms with Crippen molar-refractivity contribution in [3.63, 3.8) is 0 Å². The maximum atomic E-state index is 12.8. The van der Waals surface area contributed by atoms with Crippen LogP contribution < -0.4 is 10.6 Å². The van der Waals surface area contributed by atoms with Gasteiger partial charge in [-0.05, 0) is 25.1 Å². The molecule has 0 fully saturated rings. The molecular weight excluding hydrogens is 422 g/mol. The number of carbonyl (C=O) groups excluding carboxylic acids is 2. The lowest BCUT2D eigenvalue weighted by Gasteiger charge is -2.11. The molecule has 0 radical (unpaired) electrons. The van der Waals surface area contributed by atoms with E-state index in [1.807, 2.05) is 0 Å². The normalized spacial score (nSPS) is 12.4. The van der Waals surface area contributed by atoms with Crippen molar-refractivity contribution in [2.75, 3.05) is 5.32 Å². The van der Waals surface area contributed by atoms with E-state index in [1.165, 1.54) is 29.1 Å². The maximum absolute atomic E-state index is 12.8. The Labute approximate surface area is 181 Å². The third-order valence-electron chi connectivity index (χ3n) is 4.85. The summed E-state index contributed by atoms with van der Waals surface area (Å²) < 4.78 is 6.66. The van der Waals surface area contributed by atoms with Gasteiger partial charge < -0.3 is 15.1 Å². The Morgan fingerprint density at radius 1 is 1.32 bits per heavy atom. The third-order valence-corrected chi connectivity index (χ3v) is 5.82. The highest BCUT2D eigenvalue weighted by molar-refractivity contribution is 7.98. The van der Waals surface area contributed by atoms with Crippen molar-refractivity contribution in [2.45, 2.75) is 31.5 Å². The van der Waals surface area contributed by atoms with Gasteiger partial charge in [0.05, 0.1) is 23.4 Å². The molecule has 0 unspecified atom stereocenters. The summed E-state index contributed by atoms with van der Waals surface area (Å²) in [6, 6.07) is 7.80. The lowest BCUT2D eigenvalue weighted by atomic mass is 10.1. The molecule has 1 aromatic carbocycles. The first kappa shape index (κ1) is 20.7. The van der Waals surface area contributed by atoms with E-state index in [4.69, 9.17) is 4.42 Å². The lowest BCUT2D eigenvalue weighted by molar-refractivity contribution is -0.385. The second-order valence-corrected chi connectivity index (χ2v) is 7.98. The average molecular weight is 441 g/mol. The number of anilines is 1. The topological polar surface area (TPSA) is 132 Å². The largest absolute Gasteiger partial charge is 0.467 e. The maximum Gasteiger partial charge on any atom is 0.273 e. The molecule has 4 rings (SSSR count). The van der Waals surface area contributed by atoms with E-state index in [9.17, 15) is 19.7 Å². The van der Waals surface area contributed by atoms with Gasteiger partial charge in [0.25, 0.3) is 11.6 Å². The molecule has 0 atom stereocenters. The first-order chi connectivity index (χ1) is 14.9. The zero-order valence-corrected chi connectivity index (χ0v) is 17.4. The van der Waals surface area contributed by atoms with Crippen LogP contribution in [0.2, 0.25) is 0 Å². The fourth-order valence-corrected chi connectivity index (χ4v) is 4.27. The minimum Gasteiger partial charge on any atom is -0.467 e. The molecule has 0 saturated carbocycles. The highest BCUT2D eigenvalue weighted by Crippen LogP contribution is 2.35. The number of thioether (sulfide) groups is 1. The fraction of sp³-hybridized carbons (Fsp3) is 0.250. The number of furan rings is 1. The Bertz CT molecular complexity index is 1160. The summed E-state index contributed by atoms with van der Waals surface area (Å²) in [4.78, 5) is 35.9. The molecule has 3 aromatic rings. The van der Waals surface area contributed by atoms with Crippen LogP contribution in [0.3, 0.4) is 0 Å². The molecule has 0 bridgehead atoms. The highest BCUT2D eigenvalue weighted by atomic mass is 32.2. The minimum atomic E-state index is -0.520. The molecule has 0 aliphatic carbocycles. The van der Waals surface area contributed by atoms with Crippen LogP contribution in [0.15, 0.2) is 41.0 Å². The van der Waals surface area contributed by atoms with Gasteiger partial charge in [0.1, 0.15) is 18.1 Å². The summed E-state index contributed by atoms with van der Waals surface area (Å²) in [5.41, 5.74) is 2.18. The average Bonchev–Trinajstić information content (AvgIpc) is 3.46. The Morgan fingerprint density at radius 3 is 2.90 bits per heavy atom. The Kier molecular flexibility index (Phi) is 5.76. The first-order valence-electron chi connectivity index (χ1n) is 9.44. The minimum absolute atomic E-state index is 0.0813. The number of rotatable bonds is 7. The van der Waals surface area contributed by atoms with E-state index in [2.05, 4.69) is 15.7 Å². The first-order valence-corrected chi connectivity index (χ1v) is 10.6. The number of carbonyl (C=O) groups is 2. The number of aromatic nitrogens is 2. The monoisotopic (exact) mass is 441 g/mol. The van der Waals surface area contributed by atoms with Crippen molar-refractivity contribution in [1.29, 1.82) is 0 Å². The van der Waals surface area contributed by atoms with Crippen LogP contribution in [0.1, 0.15) is 32.9 Å². The zero-order chi connectivity index (χ0) is 22.0. The van der Waals surface area contributed by atoms with Crippen molar-refractivity contribution >= 4 is 35.1 Å². The number of hydrogen-bond donors (Lipinski definition) is 2. The van der Waals surface area contributed by atoms with E-state index in [-0.39, 0.29) is 30.2 Å². The van der Waals surface area contributed by atoms with E-state index in [0.29, 0.717) is 28.6 Å². The number of benzene rings is 1. The number of nitrogens with zero attached hydrogens (tertiary/aromatic N) is 3.